The van der Waals surface area contributed by atoms with Crippen molar-refractivity contribution in [1.29, 1.82) is 0 Å². The van der Waals surface area contributed by atoms with E-state index in [-0.39, 0.29) is 20.1 Å². The maximum Gasteiger partial charge on any atom is 0.120 e. The number of fused-ring (bicyclic) bond motifs is 3. The Labute approximate surface area is 251 Å². The molecule has 3 heterocycles. The van der Waals surface area contributed by atoms with Crippen molar-refractivity contribution in [1.82, 2.24) is 9.97 Å². The van der Waals surface area contributed by atoms with Crippen LogP contribution in [-0.2, 0) is 20.1 Å². The number of para-hydroxylation sites is 1. The standard InChI is InChI=1S/C23H22NOSi.C12H10N.Ir/c1-26(2,3)21-9-5-7-18-17-6-4-8-19(22(17)25-23(18)21)20-13-12-16(14-24-20)15-10-11-15;1-10-7-8-12(13-9-10)11-5-3-2-4-6-11;/h4-7,9,12-15H,10-11H2,1-3H3;2-5,7-9H,1H3;/q2*-1;. The van der Waals surface area contributed by atoms with Gasteiger partial charge in [-0.15, -0.1) is 54.1 Å². The largest absolute Gasteiger partial charge is 0.501 e. The van der Waals surface area contributed by atoms with Gasteiger partial charge < -0.3 is 14.4 Å². The monoisotopic (exact) mass is 717 g/mol. The Bertz CT molecular complexity index is 1730. The summed E-state index contributed by atoms with van der Waals surface area (Å²) in [5.41, 5.74) is 8.40. The topological polar surface area (TPSA) is 38.9 Å². The Morgan fingerprint density at radius 1 is 0.750 bits per heavy atom. The van der Waals surface area contributed by atoms with Crippen LogP contribution >= 0.6 is 0 Å². The van der Waals surface area contributed by atoms with Gasteiger partial charge >= 0.3 is 0 Å². The van der Waals surface area contributed by atoms with Crippen LogP contribution in [0.4, 0.5) is 0 Å². The van der Waals surface area contributed by atoms with Crippen molar-refractivity contribution >= 4 is 35.2 Å². The van der Waals surface area contributed by atoms with Crippen molar-refractivity contribution in [3.8, 4) is 22.5 Å². The maximum absolute atomic E-state index is 6.45. The molecule has 0 atom stereocenters. The Balaban J connectivity index is 0.000000195. The maximum atomic E-state index is 6.45. The van der Waals surface area contributed by atoms with Gasteiger partial charge in [0.1, 0.15) is 5.58 Å². The van der Waals surface area contributed by atoms with E-state index < -0.39 is 8.07 Å². The first kappa shape index (κ1) is 28.2. The Hall–Kier alpha value is -3.37. The number of aromatic nitrogens is 2. The molecule has 40 heavy (non-hydrogen) atoms. The third-order valence-corrected chi connectivity index (χ3v) is 9.26. The van der Waals surface area contributed by atoms with Crippen LogP contribution in [0.25, 0.3) is 44.5 Å². The van der Waals surface area contributed by atoms with Crippen LogP contribution in [-0.4, -0.2) is 18.0 Å². The molecule has 0 saturated heterocycles. The van der Waals surface area contributed by atoms with Crippen LogP contribution in [0.15, 0.2) is 95.7 Å². The summed E-state index contributed by atoms with van der Waals surface area (Å²) in [6.07, 6.45) is 6.49. The van der Waals surface area contributed by atoms with Crippen LogP contribution in [0, 0.1) is 19.1 Å². The molecule has 0 amide bonds. The molecule has 0 bridgehead atoms. The van der Waals surface area contributed by atoms with Gasteiger partial charge in [0, 0.05) is 37.9 Å². The van der Waals surface area contributed by atoms with Gasteiger partial charge in [0.25, 0.3) is 0 Å². The molecule has 0 unspecified atom stereocenters. The van der Waals surface area contributed by atoms with Gasteiger partial charge in [0.15, 0.2) is 0 Å². The van der Waals surface area contributed by atoms with Crippen LogP contribution in [0.2, 0.25) is 19.6 Å². The first-order chi connectivity index (χ1) is 18.9. The van der Waals surface area contributed by atoms with Crippen molar-refractivity contribution < 1.29 is 24.5 Å². The van der Waals surface area contributed by atoms with Crippen molar-refractivity contribution in [2.24, 2.45) is 0 Å². The average Bonchev–Trinajstić information content (AvgIpc) is 3.73. The van der Waals surface area contributed by atoms with Gasteiger partial charge in [-0.25, -0.2) is 0 Å². The summed E-state index contributed by atoms with van der Waals surface area (Å²) >= 11 is 0. The number of nitrogens with zero attached hydrogens (tertiary/aromatic N) is 2. The summed E-state index contributed by atoms with van der Waals surface area (Å²) in [6, 6.07) is 33.4. The van der Waals surface area contributed by atoms with Crippen molar-refractivity contribution in [2.75, 3.05) is 0 Å². The molecule has 7 rings (SSSR count). The molecule has 0 aliphatic heterocycles. The summed E-state index contributed by atoms with van der Waals surface area (Å²) in [6.45, 7) is 9.12. The fourth-order valence-corrected chi connectivity index (χ4v) is 6.40. The molecule has 1 fully saturated rings. The second-order valence-corrected chi connectivity index (χ2v) is 16.4. The predicted octanol–water partition coefficient (Wildman–Crippen LogP) is 8.73. The molecule has 5 heteroatoms. The SMILES string of the molecule is C[Si](C)(C)c1cccc2c1oc1c(-c3ccc(C4CC4)cn3)[c-]ccc12.Cc1ccc(-c2[c-]cccc2)nc1.[Ir]. The van der Waals surface area contributed by atoms with E-state index >= 15 is 0 Å². The number of benzene rings is 3. The number of hydrogen-bond donors (Lipinski definition) is 0. The van der Waals surface area contributed by atoms with E-state index in [1.807, 2.05) is 55.7 Å². The van der Waals surface area contributed by atoms with Crippen molar-refractivity contribution in [3.05, 3.63) is 115 Å². The molecule has 1 aliphatic rings. The Kier molecular flexibility index (Phi) is 8.18. The second kappa shape index (κ2) is 11.6. The van der Waals surface area contributed by atoms with E-state index in [1.54, 1.807) is 0 Å². The average molecular weight is 717 g/mol. The fraction of sp³-hybridized carbons (Fsp3) is 0.200. The summed E-state index contributed by atoms with van der Waals surface area (Å²) in [5, 5.41) is 3.72. The zero-order valence-corrected chi connectivity index (χ0v) is 26.7. The minimum absolute atomic E-state index is 0. The van der Waals surface area contributed by atoms with E-state index in [9.17, 15) is 0 Å². The zero-order valence-electron chi connectivity index (χ0n) is 23.3. The normalized spacial score (nSPS) is 13.0. The summed E-state index contributed by atoms with van der Waals surface area (Å²) in [5.74, 6) is 0.724. The second-order valence-electron chi connectivity index (χ2n) is 11.4. The summed E-state index contributed by atoms with van der Waals surface area (Å²) < 4.78 is 6.45. The van der Waals surface area contributed by atoms with Crippen molar-refractivity contribution in [3.63, 3.8) is 0 Å². The summed E-state index contributed by atoms with van der Waals surface area (Å²) in [7, 11) is -1.49. The molecule has 0 spiro atoms. The smallest absolute Gasteiger partial charge is 0.120 e. The van der Waals surface area contributed by atoms with Crippen LogP contribution in [0.1, 0.15) is 29.9 Å². The van der Waals surface area contributed by atoms with Crippen LogP contribution < -0.4 is 5.19 Å². The molecule has 0 N–H and O–H groups in total. The number of rotatable bonds is 4. The fourth-order valence-electron chi connectivity index (χ4n) is 4.94. The third-order valence-electron chi connectivity index (χ3n) is 7.25. The van der Waals surface area contributed by atoms with Crippen molar-refractivity contribution in [2.45, 2.75) is 45.3 Å². The molecule has 1 saturated carbocycles. The molecular weight excluding hydrogens is 685 g/mol. The van der Waals surface area contributed by atoms with E-state index in [0.29, 0.717) is 0 Å². The number of hydrogen-bond acceptors (Lipinski definition) is 3. The molecule has 6 aromatic rings. The van der Waals surface area contributed by atoms with Gasteiger partial charge in [0.2, 0.25) is 0 Å². The number of furan rings is 1. The molecular formula is C35H32IrN2OSi-2. The molecule has 3 aromatic heterocycles. The number of pyridine rings is 2. The van der Waals surface area contributed by atoms with Gasteiger partial charge in [0.05, 0.1) is 13.7 Å². The molecule has 3 nitrogen and oxygen atoms in total. The minimum atomic E-state index is -1.49. The quantitative estimate of drug-likeness (QED) is 0.135. The van der Waals surface area contributed by atoms with Gasteiger partial charge in [-0.3, -0.25) is 0 Å². The minimum Gasteiger partial charge on any atom is -0.501 e. The first-order valence-electron chi connectivity index (χ1n) is 13.6. The Morgan fingerprint density at radius 2 is 1.52 bits per heavy atom. The van der Waals surface area contributed by atoms with E-state index in [2.05, 4.69) is 79.2 Å². The first-order valence-corrected chi connectivity index (χ1v) is 17.1. The molecule has 1 radical (unpaired) electrons. The van der Waals surface area contributed by atoms with Gasteiger partial charge in [-0.05, 0) is 53.4 Å². The molecule has 1 aliphatic carbocycles. The molecule has 203 valence electrons. The zero-order chi connectivity index (χ0) is 27.0. The summed E-state index contributed by atoms with van der Waals surface area (Å²) in [4.78, 5) is 9.04. The van der Waals surface area contributed by atoms with Gasteiger partial charge in [-0.2, -0.15) is 0 Å². The van der Waals surface area contributed by atoms with Gasteiger partial charge in [-0.1, -0.05) is 73.1 Å². The molecule has 3 aromatic carbocycles. The Morgan fingerprint density at radius 3 is 2.17 bits per heavy atom. The van der Waals surface area contributed by atoms with Crippen LogP contribution in [0.3, 0.4) is 0 Å². The van der Waals surface area contributed by atoms with Crippen LogP contribution in [0.5, 0.6) is 0 Å². The van der Waals surface area contributed by atoms with E-state index in [1.165, 1.54) is 34.5 Å². The number of aryl methyl sites for hydroxylation is 1. The van der Waals surface area contributed by atoms with E-state index in [4.69, 9.17) is 9.40 Å². The van der Waals surface area contributed by atoms with E-state index in [0.717, 1.165) is 45.0 Å². The third kappa shape index (κ3) is 5.88. The predicted molar refractivity (Wildman–Crippen MR) is 164 cm³/mol.